The fraction of sp³-hybridized carbons (Fsp3) is 0.370. The largest absolute Gasteiger partial charge is 0.502 e. The molecule has 0 aliphatic heterocycles. The molecule has 7 heteroatoms. The number of rotatable bonds is 10. The lowest BCUT2D eigenvalue weighted by atomic mass is 10.00. The van der Waals surface area contributed by atoms with Gasteiger partial charge in [-0.3, -0.25) is 4.79 Å². The van der Waals surface area contributed by atoms with Gasteiger partial charge in [-0.2, -0.15) is 0 Å². The number of nitrogens with one attached hydrogen (secondary N) is 1. The summed E-state index contributed by atoms with van der Waals surface area (Å²) in [5.41, 5.74) is 6.20. The van der Waals surface area contributed by atoms with Crippen LogP contribution in [-0.2, 0) is 11.2 Å². The van der Waals surface area contributed by atoms with E-state index in [0.29, 0.717) is 30.9 Å². The molecule has 7 nitrogen and oxygen atoms in total. The molecule has 34 heavy (non-hydrogen) atoms. The van der Waals surface area contributed by atoms with Crippen molar-refractivity contribution in [2.24, 2.45) is 0 Å². The average Bonchev–Trinajstić information content (AvgIpc) is 3.07. The Morgan fingerprint density at radius 2 is 1.71 bits per heavy atom. The van der Waals surface area contributed by atoms with Crippen LogP contribution in [-0.4, -0.2) is 64.4 Å². The van der Waals surface area contributed by atoms with Crippen LogP contribution in [0, 0.1) is 0 Å². The Balaban J connectivity index is 1.93. The van der Waals surface area contributed by atoms with Crippen molar-refractivity contribution >= 4 is 17.1 Å². The van der Waals surface area contributed by atoms with Crippen LogP contribution in [0.1, 0.15) is 30.0 Å². The van der Waals surface area contributed by atoms with Crippen molar-refractivity contribution in [1.82, 2.24) is 10.2 Å². The summed E-state index contributed by atoms with van der Waals surface area (Å²) < 4.78 is 16.0. The zero-order chi connectivity index (χ0) is 24.8. The van der Waals surface area contributed by atoms with E-state index >= 15 is 0 Å². The number of fused-ring (bicyclic) bond motifs is 1. The van der Waals surface area contributed by atoms with E-state index in [9.17, 15) is 9.90 Å². The van der Waals surface area contributed by atoms with Crippen LogP contribution in [0.15, 0.2) is 42.0 Å². The molecule has 2 aromatic carbocycles. The monoisotopic (exact) mass is 466 g/mol. The van der Waals surface area contributed by atoms with Crippen LogP contribution < -0.4 is 19.5 Å². The highest BCUT2D eigenvalue weighted by molar-refractivity contribution is 6.04. The summed E-state index contributed by atoms with van der Waals surface area (Å²) in [6.07, 6.45) is 3.05. The fourth-order valence-corrected chi connectivity index (χ4v) is 4.12. The van der Waals surface area contributed by atoms with E-state index in [1.54, 1.807) is 19.2 Å². The van der Waals surface area contributed by atoms with Crippen molar-refractivity contribution in [2.45, 2.75) is 19.8 Å². The maximum Gasteiger partial charge on any atom is 0.224 e. The minimum Gasteiger partial charge on any atom is -0.502 e. The molecule has 182 valence electrons. The maximum atomic E-state index is 12.7. The number of allylic oxidation sites excluding steroid dienone is 3. The number of aromatic hydroxyl groups is 1. The van der Waals surface area contributed by atoms with E-state index in [-0.39, 0.29) is 11.7 Å². The van der Waals surface area contributed by atoms with Gasteiger partial charge in [0.1, 0.15) is 5.75 Å². The number of methoxy groups -OCH3 is 3. The number of nitrogens with zero attached hydrogens (tertiary/aromatic N) is 1. The lowest BCUT2D eigenvalue weighted by Crippen LogP contribution is -2.31. The summed E-state index contributed by atoms with van der Waals surface area (Å²) in [5.74, 6) is 1.47. The first-order valence-electron chi connectivity index (χ1n) is 11.2. The topological polar surface area (TPSA) is 80.3 Å². The number of carbonyl (C=O) groups excluding carboxylic acids is 1. The van der Waals surface area contributed by atoms with E-state index in [1.165, 1.54) is 14.2 Å². The molecule has 0 heterocycles. The van der Waals surface area contributed by atoms with Crippen LogP contribution in [0.4, 0.5) is 0 Å². The van der Waals surface area contributed by atoms with Gasteiger partial charge in [0.25, 0.3) is 0 Å². The molecule has 1 aliphatic rings. The number of likely N-dealkylation sites (N-methyl/N-ethyl adjacent to an activating group) is 1. The van der Waals surface area contributed by atoms with Crippen molar-refractivity contribution in [2.75, 3.05) is 48.5 Å². The molecule has 0 saturated carbocycles. The Kier molecular flexibility index (Phi) is 8.23. The molecule has 0 radical (unpaired) electrons. The van der Waals surface area contributed by atoms with Crippen molar-refractivity contribution in [3.8, 4) is 23.0 Å². The zero-order valence-electron chi connectivity index (χ0n) is 20.8. The van der Waals surface area contributed by atoms with Gasteiger partial charge in [0.2, 0.25) is 11.7 Å². The number of phenolic OH excluding ortho intramolecular Hbond substituents is 1. The van der Waals surface area contributed by atoms with E-state index in [1.807, 2.05) is 37.2 Å². The number of hydrogen-bond donors (Lipinski definition) is 2. The highest BCUT2D eigenvalue weighted by Crippen LogP contribution is 2.44. The Labute approximate surface area is 201 Å². The van der Waals surface area contributed by atoms with Gasteiger partial charge < -0.3 is 29.5 Å². The van der Waals surface area contributed by atoms with Gasteiger partial charge in [-0.05, 0) is 85.1 Å². The molecule has 3 rings (SSSR count). The fourth-order valence-electron chi connectivity index (χ4n) is 4.12. The molecule has 0 aromatic heterocycles. The Morgan fingerprint density at radius 3 is 2.29 bits per heavy atom. The quantitative estimate of drug-likeness (QED) is 0.553. The molecule has 1 aliphatic carbocycles. The normalized spacial score (nSPS) is 13.9. The van der Waals surface area contributed by atoms with Crippen molar-refractivity contribution in [3.05, 3.63) is 58.7 Å². The lowest BCUT2D eigenvalue weighted by Gasteiger charge is -2.12. The van der Waals surface area contributed by atoms with E-state index in [4.69, 9.17) is 14.2 Å². The van der Waals surface area contributed by atoms with Crippen LogP contribution in [0.3, 0.4) is 0 Å². The van der Waals surface area contributed by atoms with Crippen molar-refractivity contribution in [3.63, 3.8) is 0 Å². The van der Waals surface area contributed by atoms with Gasteiger partial charge in [0, 0.05) is 13.1 Å². The number of hydrogen-bond acceptors (Lipinski definition) is 6. The smallest absolute Gasteiger partial charge is 0.224 e. The second kappa shape index (κ2) is 11.1. The molecule has 0 unspecified atom stereocenters. The standard InChI is InChI=1S/C27H34N2O5/c1-17-20(9-7-18-13-24(33-5)27(31)25(14-18)34-6)21-10-8-19(32-4)15-23(21)22(17)16-26(30)28-11-12-29(2)3/h8-10,13-15,31H,7,11-12,16H2,1-6H3,(H,28,30)/b20-9-. The maximum absolute atomic E-state index is 12.7. The SMILES string of the molecule is COc1ccc2c(c1)C(CC(=O)NCCN(C)C)=C(C)/C2=C/Cc1cc(OC)c(O)c(OC)c1. The number of carbonyl (C=O) groups is 1. The van der Waals surface area contributed by atoms with Gasteiger partial charge in [0.05, 0.1) is 27.8 Å². The summed E-state index contributed by atoms with van der Waals surface area (Å²) in [5, 5.41) is 13.2. The van der Waals surface area contributed by atoms with Crippen molar-refractivity contribution < 1.29 is 24.1 Å². The highest BCUT2D eigenvalue weighted by Gasteiger charge is 2.25. The molecule has 2 aromatic rings. The van der Waals surface area contributed by atoms with Gasteiger partial charge in [-0.15, -0.1) is 0 Å². The second-order valence-electron chi connectivity index (χ2n) is 8.52. The highest BCUT2D eigenvalue weighted by atomic mass is 16.5. The van der Waals surface area contributed by atoms with Crippen LogP contribution in [0.5, 0.6) is 23.0 Å². The van der Waals surface area contributed by atoms with Gasteiger partial charge >= 0.3 is 0 Å². The minimum absolute atomic E-state index is 0.000716. The van der Waals surface area contributed by atoms with E-state index < -0.39 is 0 Å². The molecular formula is C27H34N2O5. The van der Waals surface area contributed by atoms with E-state index in [0.717, 1.165) is 45.7 Å². The Morgan fingerprint density at radius 1 is 1.03 bits per heavy atom. The van der Waals surface area contributed by atoms with Crippen LogP contribution in [0.2, 0.25) is 0 Å². The summed E-state index contributed by atoms with van der Waals surface area (Å²) in [6.45, 7) is 3.45. The molecule has 0 spiro atoms. The van der Waals surface area contributed by atoms with Gasteiger partial charge in [0.15, 0.2) is 11.5 Å². The number of phenols is 1. The molecule has 0 bridgehead atoms. The summed E-state index contributed by atoms with van der Waals surface area (Å²) >= 11 is 0. The number of amides is 1. The zero-order valence-corrected chi connectivity index (χ0v) is 20.8. The summed E-state index contributed by atoms with van der Waals surface area (Å²) in [4.78, 5) is 14.7. The third-order valence-corrected chi connectivity index (χ3v) is 6.00. The van der Waals surface area contributed by atoms with E-state index in [2.05, 4.69) is 18.3 Å². The third kappa shape index (κ3) is 5.54. The molecule has 0 saturated heterocycles. The minimum atomic E-state index is -0.0154. The van der Waals surface area contributed by atoms with Gasteiger partial charge in [-0.1, -0.05) is 12.1 Å². The molecule has 0 atom stereocenters. The number of benzene rings is 2. The molecule has 1 amide bonds. The van der Waals surface area contributed by atoms with Crippen LogP contribution in [0.25, 0.3) is 11.1 Å². The first-order chi connectivity index (χ1) is 16.3. The molecule has 0 fully saturated rings. The average molecular weight is 467 g/mol. The lowest BCUT2D eigenvalue weighted by molar-refractivity contribution is -0.120. The summed E-state index contributed by atoms with van der Waals surface area (Å²) in [6, 6.07) is 9.58. The summed E-state index contributed by atoms with van der Waals surface area (Å²) in [7, 11) is 8.63. The molecule has 2 N–H and O–H groups in total. The predicted molar refractivity (Wildman–Crippen MR) is 135 cm³/mol. The third-order valence-electron chi connectivity index (χ3n) is 6.00. The first-order valence-corrected chi connectivity index (χ1v) is 11.2. The van der Waals surface area contributed by atoms with Gasteiger partial charge in [-0.25, -0.2) is 0 Å². The predicted octanol–water partition coefficient (Wildman–Crippen LogP) is 3.90. The first kappa shape index (κ1) is 25.2. The molecular weight excluding hydrogens is 432 g/mol. The Hall–Kier alpha value is -3.45. The second-order valence-corrected chi connectivity index (χ2v) is 8.52. The van der Waals surface area contributed by atoms with Crippen molar-refractivity contribution in [1.29, 1.82) is 0 Å². The Bertz CT molecular complexity index is 1090. The number of ether oxygens (including phenoxy) is 3. The van der Waals surface area contributed by atoms with Crippen LogP contribution >= 0.6 is 0 Å².